The number of hydrogen-bond acceptors (Lipinski definition) is 2. The van der Waals surface area contributed by atoms with Gasteiger partial charge in [-0.3, -0.25) is 4.79 Å². The van der Waals surface area contributed by atoms with Crippen LogP contribution in [0.25, 0.3) is 5.70 Å². The number of nitrogens with zero attached hydrogens (tertiary/aromatic N) is 1. The minimum absolute atomic E-state index is 0.301. The van der Waals surface area contributed by atoms with E-state index in [1.807, 2.05) is 30.3 Å². The van der Waals surface area contributed by atoms with E-state index < -0.39 is 12.2 Å². The topological polar surface area (TPSA) is 20.3 Å². The Bertz CT molecular complexity index is 510. The summed E-state index contributed by atoms with van der Waals surface area (Å²) in [5, 5.41) is 0. The van der Waals surface area contributed by atoms with Crippen LogP contribution in [0.3, 0.4) is 0 Å². The molecule has 2 heteroatoms. The van der Waals surface area contributed by atoms with E-state index >= 15 is 0 Å². The molecule has 0 amide bonds. The zero-order valence-corrected chi connectivity index (χ0v) is 9.02. The maximum absolute atomic E-state index is 12.0. The summed E-state index contributed by atoms with van der Waals surface area (Å²) in [5.74, 6) is -0.399. The molecular formula is C14H15NO. The Labute approximate surface area is 98.4 Å². The molecule has 0 bridgehead atoms. The van der Waals surface area contributed by atoms with E-state index in [4.69, 9.17) is 2.74 Å². The highest BCUT2D eigenvalue weighted by molar-refractivity contribution is 5.98. The molecule has 0 spiro atoms. The molecule has 1 saturated heterocycles. The third-order valence-electron chi connectivity index (χ3n) is 3.21. The third-order valence-corrected chi connectivity index (χ3v) is 3.21. The van der Waals surface area contributed by atoms with Crippen molar-refractivity contribution in [3.63, 3.8) is 0 Å². The molecule has 0 N–H and O–H groups in total. The van der Waals surface area contributed by atoms with Crippen molar-refractivity contribution in [2.24, 2.45) is 0 Å². The molecule has 2 nitrogen and oxygen atoms in total. The lowest BCUT2D eigenvalue weighted by molar-refractivity contribution is -0.115. The molecule has 0 radical (unpaired) electrons. The molecule has 3 rings (SSSR count). The lowest BCUT2D eigenvalue weighted by Crippen LogP contribution is -2.33. The summed E-state index contributed by atoms with van der Waals surface area (Å²) in [6.07, 6.45) is 1.43. The second-order valence-corrected chi connectivity index (χ2v) is 4.26. The zero-order chi connectivity index (χ0) is 12.8. The summed E-state index contributed by atoms with van der Waals surface area (Å²) < 4.78 is 15.9. The number of hydrogen-bond donors (Lipinski definition) is 0. The van der Waals surface area contributed by atoms with Gasteiger partial charge in [-0.1, -0.05) is 30.3 Å². The first kappa shape index (κ1) is 7.66. The minimum Gasteiger partial charge on any atom is -0.368 e. The lowest BCUT2D eigenvalue weighted by atomic mass is 9.99. The lowest BCUT2D eigenvalue weighted by Gasteiger charge is -2.32. The van der Waals surface area contributed by atoms with Crippen LogP contribution in [0.2, 0.25) is 0 Å². The largest absolute Gasteiger partial charge is 0.368 e. The van der Waals surface area contributed by atoms with Crippen molar-refractivity contribution in [1.29, 1.82) is 0 Å². The monoisotopic (exact) mass is 215 g/mol. The van der Waals surface area contributed by atoms with Gasteiger partial charge in [0.1, 0.15) is 0 Å². The Morgan fingerprint density at radius 2 is 2.12 bits per heavy atom. The van der Waals surface area contributed by atoms with Gasteiger partial charge in [0.15, 0.2) is 5.78 Å². The molecule has 16 heavy (non-hydrogen) atoms. The Balaban J connectivity index is 2.08. The van der Waals surface area contributed by atoms with E-state index in [1.165, 1.54) is 6.08 Å². The maximum atomic E-state index is 12.0. The molecule has 0 aliphatic carbocycles. The van der Waals surface area contributed by atoms with Crippen molar-refractivity contribution in [1.82, 2.24) is 4.90 Å². The van der Waals surface area contributed by atoms with Crippen molar-refractivity contribution in [3.05, 3.63) is 42.0 Å². The van der Waals surface area contributed by atoms with Gasteiger partial charge in [0, 0.05) is 33.5 Å². The van der Waals surface area contributed by atoms with Gasteiger partial charge in [0.2, 0.25) is 0 Å². The summed E-state index contributed by atoms with van der Waals surface area (Å²) in [4.78, 5) is 14.0. The van der Waals surface area contributed by atoms with E-state index in [-0.39, 0.29) is 6.04 Å². The van der Waals surface area contributed by atoms with Crippen LogP contribution in [0.15, 0.2) is 36.4 Å². The maximum Gasteiger partial charge on any atom is 0.159 e. The standard InChI is InChI=1S/C14H15NO/c16-13-9-12-7-4-8-15(12)14(10-13)11-5-2-1-3-6-11/h1-3,5-6,10,12H,4,7-9H2/i9D2. The Morgan fingerprint density at radius 1 is 1.31 bits per heavy atom. The minimum atomic E-state index is -1.74. The summed E-state index contributed by atoms with van der Waals surface area (Å²) in [5.41, 5.74) is 1.87. The number of carbonyl (C=O) groups excluding carboxylic acids is 1. The van der Waals surface area contributed by atoms with Gasteiger partial charge in [0.05, 0.1) is 0 Å². The second-order valence-electron chi connectivity index (χ2n) is 4.26. The smallest absolute Gasteiger partial charge is 0.159 e. The summed E-state index contributed by atoms with van der Waals surface area (Å²) in [7, 11) is 0. The number of allylic oxidation sites excluding steroid dienone is 1. The molecule has 0 aromatic heterocycles. The number of carbonyl (C=O) groups is 1. The molecule has 1 unspecified atom stereocenters. The van der Waals surface area contributed by atoms with Gasteiger partial charge in [0.25, 0.3) is 0 Å². The van der Waals surface area contributed by atoms with Crippen molar-refractivity contribution < 1.29 is 7.54 Å². The normalized spacial score (nSPS) is 29.2. The summed E-state index contributed by atoms with van der Waals surface area (Å²) in [6.45, 7) is 0.832. The molecule has 1 aromatic rings. The van der Waals surface area contributed by atoms with E-state index in [1.54, 1.807) is 0 Å². The average molecular weight is 215 g/mol. The molecule has 1 fully saturated rings. The van der Waals surface area contributed by atoms with E-state index in [2.05, 4.69) is 4.90 Å². The van der Waals surface area contributed by atoms with Crippen LogP contribution < -0.4 is 0 Å². The number of rotatable bonds is 1. The quantitative estimate of drug-likeness (QED) is 0.717. The molecule has 82 valence electrons. The van der Waals surface area contributed by atoms with Crippen LogP contribution in [0.4, 0.5) is 0 Å². The highest BCUT2D eigenvalue weighted by atomic mass is 16.1. The van der Waals surface area contributed by atoms with Gasteiger partial charge < -0.3 is 4.90 Å². The van der Waals surface area contributed by atoms with E-state index in [0.29, 0.717) is 0 Å². The van der Waals surface area contributed by atoms with Crippen LogP contribution in [0, 0.1) is 0 Å². The number of ketones is 1. The first-order valence-electron chi connectivity index (χ1n) is 6.69. The van der Waals surface area contributed by atoms with Crippen molar-refractivity contribution in [3.8, 4) is 0 Å². The van der Waals surface area contributed by atoms with Crippen LogP contribution in [0.1, 0.15) is 27.5 Å². The fourth-order valence-corrected chi connectivity index (χ4v) is 2.48. The second kappa shape index (κ2) is 3.78. The average Bonchev–Trinajstić information content (AvgIpc) is 2.85. The van der Waals surface area contributed by atoms with E-state index in [9.17, 15) is 4.79 Å². The number of benzene rings is 1. The van der Waals surface area contributed by atoms with Crippen molar-refractivity contribution >= 4 is 11.5 Å². The van der Waals surface area contributed by atoms with Gasteiger partial charge in [-0.2, -0.15) is 0 Å². The number of fused-ring (bicyclic) bond motifs is 1. The van der Waals surface area contributed by atoms with Crippen LogP contribution in [0.5, 0.6) is 0 Å². The summed E-state index contributed by atoms with van der Waals surface area (Å²) in [6, 6.07) is 9.45. The highest BCUT2D eigenvalue weighted by Gasteiger charge is 2.32. The fourth-order valence-electron chi connectivity index (χ4n) is 2.48. The predicted octanol–water partition coefficient (Wildman–Crippen LogP) is 2.46. The van der Waals surface area contributed by atoms with Gasteiger partial charge in [-0.05, 0) is 18.4 Å². The fraction of sp³-hybridized carbons (Fsp3) is 0.357. The Morgan fingerprint density at radius 3 is 2.94 bits per heavy atom. The van der Waals surface area contributed by atoms with E-state index in [0.717, 1.165) is 30.6 Å². The molecule has 2 heterocycles. The SMILES string of the molecule is [2H]C1([2H])C(=O)C=C(c2ccccc2)N2CCCC21. The van der Waals surface area contributed by atoms with Crippen molar-refractivity contribution in [2.75, 3.05) is 6.54 Å². The highest BCUT2D eigenvalue weighted by Crippen LogP contribution is 2.33. The predicted molar refractivity (Wildman–Crippen MR) is 63.8 cm³/mol. The van der Waals surface area contributed by atoms with Gasteiger partial charge in [-0.25, -0.2) is 0 Å². The molecule has 2 aliphatic heterocycles. The molecule has 2 aliphatic rings. The van der Waals surface area contributed by atoms with Crippen LogP contribution in [-0.2, 0) is 4.79 Å². The zero-order valence-electron chi connectivity index (χ0n) is 11.0. The molecule has 0 saturated carbocycles. The third kappa shape index (κ3) is 1.54. The molecule has 1 aromatic carbocycles. The molecular weight excluding hydrogens is 198 g/mol. The first-order chi connectivity index (χ1) is 8.60. The van der Waals surface area contributed by atoms with Crippen LogP contribution >= 0.6 is 0 Å². The van der Waals surface area contributed by atoms with Crippen LogP contribution in [-0.4, -0.2) is 23.3 Å². The summed E-state index contributed by atoms with van der Waals surface area (Å²) >= 11 is 0. The Hall–Kier alpha value is -1.57. The van der Waals surface area contributed by atoms with Gasteiger partial charge >= 0.3 is 0 Å². The molecule has 1 atom stereocenters. The van der Waals surface area contributed by atoms with Crippen molar-refractivity contribution in [2.45, 2.75) is 25.3 Å². The first-order valence-corrected chi connectivity index (χ1v) is 5.69. The van der Waals surface area contributed by atoms with Gasteiger partial charge in [-0.15, -0.1) is 0 Å². The Kier molecular flexibility index (Phi) is 1.81.